The van der Waals surface area contributed by atoms with Crippen molar-refractivity contribution in [2.24, 2.45) is 0 Å². The van der Waals surface area contributed by atoms with Crippen LogP contribution in [0.25, 0.3) is 0 Å². The van der Waals surface area contributed by atoms with Crippen LogP contribution in [0.1, 0.15) is 5.56 Å². The van der Waals surface area contributed by atoms with E-state index < -0.39 is 4.92 Å². The largest absolute Gasteiger partial charge is 0.379 e. The Balaban J connectivity index is 1.73. The molecule has 0 atom stereocenters. The fraction of sp³-hybridized carbons (Fsp3) is 0.438. The third-order valence-corrected chi connectivity index (χ3v) is 4.08. The van der Waals surface area contributed by atoms with Crippen LogP contribution in [0.3, 0.4) is 0 Å². The summed E-state index contributed by atoms with van der Waals surface area (Å²) in [6, 6.07) is 3.66. The number of aromatic nitrogens is 3. The van der Waals surface area contributed by atoms with Crippen molar-refractivity contribution in [3.05, 3.63) is 40.3 Å². The molecular weight excluding hydrogens is 338 g/mol. The average molecular weight is 359 g/mol. The Hall–Kier alpha value is -2.85. The quantitative estimate of drug-likeness (QED) is 0.561. The number of anilines is 3. The number of pyridine rings is 1. The zero-order chi connectivity index (χ0) is 18.4. The van der Waals surface area contributed by atoms with Gasteiger partial charge in [0.1, 0.15) is 12.1 Å². The van der Waals surface area contributed by atoms with Gasteiger partial charge in [-0.1, -0.05) is 6.07 Å². The third kappa shape index (κ3) is 4.41. The van der Waals surface area contributed by atoms with Crippen molar-refractivity contribution in [3.8, 4) is 0 Å². The van der Waals surface area contributed by atoms with Gasteiger partial charge in [0.2, 0.25) is 11.6 Å². The molecule has 0 bridgehead atoms. The van der Waals surface area contributed by atoms with Gasteiger partial charge < -0.3 is 15.4 Å². The molecule has 2 aromatic rings. The summed E-state index contributed by atoms with van der Waals surface area (Å²) in [5.41, 5.74) is 0.668. The van der Waals surface area contributed by atoms with Crippen molar-refractivity contribution < 1.29 is 9.66 Å². The molecule has 2 aromatic heterocycles. The Bertz CT molecular complexity index is 765. The maximum atomic E-state index is 11.6. The number of aryl methyl sites for hydroxylation is 1. The first kappa shape index (κ1) is 18.0. The summed E-state index contributed by atoms with van der Waals surface area (Å²) in [6.07, 6.45) is 2.91. The maximum Gasteiger partial charge on any atom is 0.353 e. The molecule has 3 rings (SSSR count). The second kappa shape index (κ2) is 8.50. The zero-order valence-electron chi connectivity index (χ0n) is 14.5. The topological polar surface area (TPSA) is 118 Å². The van der Waals surface area contributed by atoms with Gasteiger partial charge in [-0.25, -0.2) is 15.0 Å². The molecule has 138 valence electrons. The molecule has 0 saturated carbocycles. The van der Waals surface area contributed by atoms with Crippen LogP contribution >= 0.6 is 0 Å². The summed E-state index contributed by atoms with van der Waals surface area (Å²) in [4.78, 5) is 25.6. The van der Waals surface area contributed by atoms with Crippen molar-refractivity contribution in [1.29, 1.82) is 0 Å². The van der Waals surface area contributed by atoms with E-state index in [1.807, 2.05) is 13.0 Å². The van der Waals surface area contributed by atoms with Gasteiger partial charge in [0.25, 0.3) is 0 Å². The number of hydrogen-bond donors (Lipinski definition) is 2. The first-order chi connectivity index (χ1) is 12.6. The highest BCUT2D eigenvalue weighted by atomic mass is 16.6. The molecular formula is C16H21N7O3. The molecule has 0 radical (unpaired) electrons. The normalized spacial score (nSPS) is 14.8. The van der Waals surface area contributed by atoms with Crippen LogP contribution in [0, 0.1) is 17.0 Å². The van der Waals surface area contributed by atoms with Crippen LogP contribution in [0.4, 0.5) is 23.1 Å². The van der Waals surface area contributed by atoms with Crippen LogP contribution in [-0.4, -0.2) is 64.2 Å². The minimum atomic E-state index is -0.488. The molecule has 0 aromatic carbocycles. The van der Waals surface area contributed by atoms with E-state index in [0.29, 0.717) is 25.6 Å². The molecule has 10 heteroatoms. The van der Waals surface area contributed by atoms with Gasteiger partial charge >= 0.3 is 5.69 Å². The second-order valence-electron chi connectivity index (χ2n) is 5.85. The second-order valence-corrected chi connectivity index (χ2v) is 5.85. The summed E-state index contributed by atoms with van der Waals surface area (Å²) < 4.78 is 5.31. The lowest BCUT2D eigenvalue weighted by molar-refractivity contribution is -0.383. The summed E-state index contributed by atoms with van der Waals surface area (Å²) in [6.45, 7) is 6.31. The summed E-state index contributed by atoms with van der Waals surface area (Å²) >= 11 is 0. The SMILES string of the molecule is Cc1cccnc1Nc1ncnc(NCCN2CCOCC2)c1[N+](=O)[O-]. The van der Waals surface area contributed by atoms with Crippen LogP contribution in [0.5, 0.6) is 0 Å². The van der Waals surface area contributed by atoms with Crippen molar-refractivity contribution in [1.82, 2.24) is 19.9 Å². The summed E-state index contributed by atoms with van der Waals surface area (Å²) in [7, 11) is 0. The number of rotatable bonds is 7. The molecule has 3 heterocycles. The first-order valence-corrected chi connectivity index (χ1v) is 8.37. The molecule has 10 nitrogen and oxygen atoms in total. The monoisotopic (exact) mass is 359 g/mol. The highest BCUT2D eigenvalue weighted by Gasteiger charge is 2.23. The van der Waals surface area contributed by atoms with Gasteiger partial charge in [-0.05, 0) is 18.6 Å². The lowest BCUT2D eigenvalue weighted by atomic mass is 10.3. The number of nitrogens with one attached hydrogen (secondary N) is 2. The molecule has 1 saturated heterocycles. The predicted molar refractivity (Wildman–Crippen MR) is 96.7 cm³/mol. The Morgan fingerprint density at radius 1 is 1.23 bits per heavy atom. The molecule has 2 N–H and O–H groups in total. The standard InChI is InChI=1S/C16H21N7O3/c1-12-3-2-4-17-14(12)21-16-13(23(24)25)15(19-11-20-16)18-5-6-22-7-9-26-10-8-22/h2-4,11H,5-10H2,1H3,(H2,17,18,19,20,21). The number of hydrogen-bond acceptors (Lipinski definition) is 9. The minimum Gasteiger partial charge on any atom is -0.379 e. The van der Waals surface area contributed by atoms with E-state index in [1.165, 1.54) is 6.33 Å². The number of nitro groups is 1. The predicted octanol–water partition coefficient (Wildman–Crippen LogP) is 1.58. The molecule has 1 aliphatic heterocycles. The zero-order valence-corrected chi connectivity index (χ0v) is 14.5. The van der Waals surface area contributed by atoms with Gasteiger partial charge in [-0.2, -0.15) is 0 Å². The molecule has 0 unspecified atom stereocenters. The Morgan fingerprint density at radius 3 is 2.73 bits per heavy atom. The van der Waals surface area contributed by atoms with E-state index in [-0.39, 0.29) is 17.3 Å². The Kier molecular flexibility index (Phi) is 5.87. The lowest BCUT2D eigenvalue weighted by Gasteiger charge is -2.26. The number of nitrogens with zero attached hydrogens (tertiary/aromatic N) is 5. The Labute approximate surface area is 150 Å². The minimum absolute atomic E-state index is 0.112. The van der Waals surface area contributed by atoms with Gasteiger partial charge in [0, 0.05) is 32.4 Å². The fourth-order valence-corrected chi connectivity index (χ4v) is 2.66. The van der Waals surface area contributed by atoms with E-state index in [0.717, 1.165) is 25.2 Å². The van der Waals surface area contributed by atoms with E-state index >= 15 is 0 Å². The fourth-order valence-electron chi connectivity index (χ4n) is 2.66. The molecule has 26 heavy (non-hydrogen) atoms. The highest BCUT2D eigenvalue weighted by molar-refractivity contribution is 5.73. The summed E-state index contributed by atoms with van der Waals surface area (Å²) in [5.74, 6) is 0.823. The molecule has 1 fully saturated rings. The maximum absolute atomic E-state index is 11.6. The van der Waals surface area contributed by atoms with Gasteiger partial charge in [-0.3, -0.25) is 15.0 Å². The Morgan fingerprint density at radius 2 is 2.00 bits per heavy atom. The van der Waals surface area contributed by atoms with Crippen LogP contribution in [0.15, 0.2) is 24.7 Å². The van der Waals surface area contributed by atoms with Gasteiger partial charge in [0.15, 0.2) is 0 Å². The summed E-state index contributed by atoms with van der Waals surface area (Å²) in [5, 5.41) is 17.6. The lowest BCUT2D eigenvalue weighted by Crippen LogP contribution is -2.39. The number of morpholine rings is 1. The van der Waals surface area contributed by atoms with Gasteiger partial charge in [-0.15, -0.1) is 0 Å². The first-order valence-electron chi connectivity index (χ1n) is 8.37. The number of ether oxygens (including phenoxy) is 1. The van der Waals surface area contributed by atoms with E-state index in [2.05, 4.69) is 30.5 Å². The van der Waals surface area contributed by atoms with Crippen LogP contribution < -0.4 is 10.6 Å². The highest BCUT2D eigenvalue weighted by Crippen LogP contribution is 2.31. The van der Waals surface area contributed by atoms with Crippen molar-refractivity contribution in [3.63, 3.8) is 0 Å². The molecule has 1 aliphatic rings. The molecule has 0 spiro atoms. The average Bonchev–Trinajstić information content (AvgIpc) is 2.64. The van der Waals surface area contributed by atoms with Crippen molar-refractivity contribution >= 4 is 23.1 Å². The smallest absolute Gasteiger partial charge is 0.353 e. The molecule has 0 amide bonds. The van der Waals surface area contributed by atoms with Crippen molar-refractivity contribution in [2.75, 3.05) is 50.0 Å². The van der Waals surface area contributed by atoms with Gasteiger partial charge in [0.05, 0.1) is 18.1 Å². The van der Waals surface area contributed by atoms with E-state index in [4.69, 9.17) is 4.74 Å². The van der Waals surface area contributed by atoms with Crippen molar-refractivity contribution in [2.45, 2.75) is 6.92 Å². The third-order valence-electron chi connectivity index (χ3n) is 4.08. The van der Waals surface area contributed by atoms with Crippen LogP contribution in [0.2, 0.25) is 0 Å². The molecule has 0 aliphatic carbocycles. The van der Waals surface area contributed by atoms with Crippen LogP contribution in [-0.2, 0) is 4.74 Å². The van der Waals surface area contributed by atoms with E-state index in [1.54, 1.807) is 12.3 Å². The van der Waals surface area contributed by atoms with E-state index in [9.17, 15) is 10.1 Å².